The molecule has 3 N–H and O–H groups in total. The molecule has 8 heteroatoms. The topological polar surface area (TPSA) is 115 Å². The molecule has 184 valence electrons. The molecule has 7 rings (SSSR count). The van der Waals surface area contributed by atoms with E-state index in [4.69, 9.17) is 4.74 Å². The van der Waals surface area contributed by atoms with Crippen LogP contribution in [0.3, 0.4) is 0 Å². The van der Waals surface area contributed by atoms with Crippen LogP contribution in [0.25, 0.3) is 0 Å². The average Bonchev–Trinajstić information content (AvgIpc) is 3.56. The first kappa shape index (κ1) is 21.6. The number of nitrogens with one attached hydrogen (secondary N) is 1. The zero-order valence-corrected chi connectivity index (χ0v) is 19.7. The van der Waals surface area contributed by atoms with Crippen molar-refractivity contribution in [1.82, 2.24) is 10.3 Å². The zero-order valence-electron chi connectivity index (χ0n) is 19.7. The van der Waals surface area contributed by atoms with Gasteiger partial charge in [-0.15, -0.1) is 0 Å². The number of likely N-dealkylation sites (tertiary alicyclic amines) is 1. The Kier molecular flexibility index (Phi) is 4.43. The number of phenols is 1. The van der Waals surface area contributed by atoms with Gasteiger partial charge in [-0.2, -0.15) is 0 Å². The molecule has 1 aromatic heterocycles. The molecular weight excluding hydrogens is 446 g/mol. The van der Waals surface area contributed by atoms with E-state index in [2.05, 4.69) is 10.3 Å². The predicted octanol–water partition coefficient (Wildman–Crippen LogP) is 2.09. The summed E-state index contributed by atoms with van der Waals surface area (Å²) in [5, 5.41) is 40.6. The Hall–Kier alpha value is -2.68. The molecular formula is C27H31N3O5. The smallest absolute Gasteiger partial charge is 0.226 e. The molecule has 35 heavy (non-hydrogen) atoms. The summed E-state index contributed by atoms with van der Waals surface area (Å²) < 4.78 is 6.11. The van der Waals surface area contributed by atoms with Crippen molar-refractivity contribution in [1.29, 1.82) is 0 Å². The molecule has 1 saturated heterocycles. The summed E-state index contributed by atoms with van der Waals surface area (Å²) in [4.78, 5) is 17.2. The Balaban J connectivity index is 1.27. The number of aliphatic hydroxyl groups is 1. The van der Waals surface area contributed by atoms with E-state index in [1.165, 1.54) is 0 Å². The van der Waals surface area contributed by atoms with Gasteiger partial charge in [0.25, 0.3) is 0 Å². The number of pyridine rings is 1. The third kappa shape index (κ3) is 2.90. The zero-order chi connectivity index (χ0) is 24.0. The number of hydroxylamine groups is 3. The van der Waals surface area contributed by atoms with Crippen LogP contribution in [0.1, 0.15) is 48.9 Å². The first-order valence-electron chi connectivity index (χ1n) is 12.9. The lowest BCUT2D eigenvalue weighted by molar-refractivity contribution is -0.924. The maximum Gasteiger partial charge on any atom is 0.226 e. The van der Waals surface area contributed by atoms with Crippen molar-refractivity contribution < 1.29 is 24.4 Å². The van der Waals surface area contributed by atoms with Crippen LogP contribution in [0.2, 0.25) is 0 Å². The van der Waals surface area contributed by atoms with Crippen LogP contribution in [0, 0.1) is 11.1 Å². The SMILES string of the molecule is O=C(Cc1ccccn1)N[C@@H]1CC[C@@]2(O)[C@H]3Cc4ccc(O)c5c4[C@@]2(CC[N+]3([O-])CC2CC2)[C@H]1O5. The number of aromatic hydroxyl groups is 1. The molecule has 1 unspecified atom stereocenters. The lowest BCUT2D eigenvalue weighted by Crippen LogP contribution is -2.81. The summed E-state index contributed by atoms with van der Waals surface area (Å²) >= 11 is 0. The maximum atomic E-state index is 14.2. The maximum absolute atomic E-state index is 14.2. The number of ether oxygens (including phenoxy) is 1. The van der Waals surface area contributed by atoms with Crippen molar-refractivity contribution in [3.63, 3.8) is 0 Å². The summed E-state index contributed by atoms with van der Waals surface area (Å²) in [6, 6.07) is 8.23. The van der Waals surface area contributed by atoms with E-state index in [-0.39, 0.29) is 28.8 Å². The molecule has 5 aliphatic rings. The molecule has 6 atom stereocenters. The highest BCUT2D eigenvalue weighted by molar-refractivity contribution is 5.78. The van der Waals surface area contributed by atoms with Crippen molar-refractivity contribution in [2.75, 3.05) is 13.1 Å². The fraction of sp³-hybridized carbons (Fsp3) is 0.556. The summed E-state index contributed by atoms with van der Waals surface area (Å²) in [5.41, 5.74) is 0.499. The number of piperidine rings is 1. The third-order valence-electron chi connectivity index (χ3n) is 9.47. The fourth-order valence-corrected chi connectivity index (χ4v) is 7.83. The van der Waals surface area contributed by atoms with Crippen LogP contribution in [0.4, 0.5) is 0 Å². The van der Waals surface area contributed by atoms with Gasteiger partial charge in [0, 0.05) is 36.2 Å². The summed E-state index contributed by atoms with van der Waals surface area (Å²) in [6.07, 6.45) is 5.41. The molecule has 3 heterocycles. The van der Waals surface area contributed by atoms with Gasteiger partial charge in [0.05, 0.1) is 31.0 Å². The van der Waals surface area contributed by atoms with Gasteiger partial charge in [0.2, 0.25) is 5.91 Å². The van der Waals surface area contributed by atoms with Crippen LogP contribution in [-0.2, 0) is 23.1 Å². The number of benzene rings is 1. The minimum absolute atomic E-state index is 0.0540. The van der Waals surface area contributed by atoms with E-state index in [9.17, 15) is 20.2 Å². The normalized spacial score (nSPS) is 38.4. The van der Waals surface area contributed by atoms with Crippen LogP contribution in [0.15, 0.2) is 36.5 Å². The van der Waals surface area contributed by atoms with Crippen molar-refractivity contribution in [3.8, 4) is 11.5 Å². The molecule has 8 nitrogen and oxygen atoms in total. The van der Waals surface area contributed by atoms with Crippen LogP contribution < -0.4 is 10.1 Å². The van der Waals surface area contributed by atoms with Gasteiger partial charge in [0.1, 0.15) is 17.7 Å². The van der Waals surface area contributed by atoms with E-state index >= 15 is 0 Å². The minimum atomic E-state index is -1.24. The van der Waals surface area contributed by atoms with Gasteiger partial charge in [-0.1, -0.05) is 12.1 Å². The molecule has 1 amide bonds. The van der Waals surface area contributed by atoms with Gasteiger partial charge < -0.3 is 30.1 Å². The van der Waals surface area contributed by atoms with Crippen molar-refractivity contribution in [2.45, 2.75) is 74.1 Å². The number of rotatable bonds is 5. The second-order valence-electron chi connectivity index (χ2n) is 11.4. The highest BCUT2D eigenvalue weighted by Gasteiger charge is 2.76. The molecule has 0 radical (unpaired) electrons. The number of aromatic nitrogens is 1. The third-order valence-corrected chi connectivity index (χ3v) is 9.47. The van der Waals surface area contributed by atoms with Gasteiger partial charge in [-0.25, -0.2) is 0 Å². The average molecular weight is 478 g/mol. The summed E-state index contributed by atoms with van der Waals surface area (Å²) in [7, 11) is 0. The largest absolute Gasteiger partial charge is 0.632 e. The van der Waals surface area contributed by atoms with E-state index in [0.29, 0.717) is 56.1 Å². The molecule has 1 aromatic carbocycles. The second kappa shape index (κ2) is 7.18. The number of hydrogen-bond donors (Lipinski definition) is 3. The number of carbonyl (C=O) groups is 1. The number of hydrogen-bond acceptors (Lipinski definition) is 6. The highest BCUT2D eigenvalue weighted by atomic mass is 16.6. The Morgan fingerprint density at radius 1 is 1.23 bits per heavy atom. The van der Waals surface area contributed by atoms with Gasteiger partial charge in [-0.3, -0.25) is 9.78 Å². The monoisotopic (exact) mass is 477 g/mol. The molecule has 3 aliphatic carbocycles. The van der Waals surface area contributed by atoms with Crippen LogP contribution >= 0.6 is 0 Å². The standard InChI is InChI=1S/C27H31N3O5/c31-20-7-6-17-13-21-27(33)9-8-19(29-22(32)14-18-3-1-2-11-28-18)25-26(27,23(17)24(20)35-25)10-12-30(21,34)15-16-4-5-16/h1-3,6-7,11,16,19,21,25,31,33H,4-5,8-10,12-15H2,(H,29,32)/t19-,21-,25+,26+,27-,30?/m1/s1. The minimum Gasteiger partial charge on any atom is -0.632 e. The Morgan fingerprint density at radius 2 is 2.09 bits per heavy atom. The fourth-order valence-electron chi connectivity index (χ4n) is 7.83. The Morgan fingerprint density at radius 3 is 2.86 bits per heavy atom. The molecule has 3 fully saturated rings. The number of carbonyl (C=O) groups excluding carboxylic acids is 1. The lowest BCUT2D eigenvalue weighted by Gasteiger charge is -2.68. The summed E-state index contributed by atoms with van der Waals surface area (Å²) in [6.45, 7) is 0.992. The van der Waals surface area contributed by atoms with Gasteiger partial charge >= 0.3 is 0 Å². The van der Waals surface area contributed by atoms with E-state index in [0.717, 1.165) is 24.0 Å². The molecule has 2 saturated carbocycles. The lowest BCUT2D eigenvalue weighted by atomic mass is 9.48. The van der Waals surface area contributed by atoms with E-state index < -0.39 is 23.2 Å². The molecule has 2 aliphatic heterocycles. The van der Waals surface area contributed by atoms with Gasteiger partial charge in [0.15, 0.2) is 11.5 Å². The Bertz CT molecular complexity index is 1200. The van der Waals surface area contributed by atoms with Crippen LogP contribution in [-0.4, -0.2) is 62.6 Å². The number of phenolic OH excluding ortho intramolecular Hbond substituents is 1. The second-order valence-corrected chi connectivity index (χ2v) is 11.4. The van der Waals surface area contributed by atoms with Gasteiger partial charge in [-0.05, 0) is 49.4 Å². The predicted molar refractivity (Wildman–Crippen MR) is 126 cm³/mol. The van der Waals surface area contributed by atoms with E-state index in [1.807, 2.05) is 24.3 Å². The Labute approximate surface area is 204 Å². The van der Waals surface area contributed by atoms with Crippen molar-refractivity contribution in [3.05, 3.63) is 58.6 Å². The van der Waals surface area contributed by atoms with Crippen LogP contribution in [0.5, 0.6) is 11.5 Å². The quantitative estimate of drug-likeness (QED) is 0.449. The van der Waals surface area contributed by atoms with Crippen molar-refractivity contribution >= 4 is 5.91 Å². The first-order chi connectivity index (χ1) is 16.8. The number of nitrogens with zero attached hydrogens (tertiary/aromatic N) is 2. The molecule has 1 spiro atoms. The van der Waals surface area contributed by atoms with E-state index in [1.54, 1.807) is 12.3 Å². The number of quaternary nitrogens is 1. The highest BCUT2D eigenvalue weighted by Crippen LogP contribution is 2.66. The molecule has 2 bridgehead atoms. The van der Waals surface area contributed by atoms with Crippen molar-refractivity contribution in [2.24, 2.45) is 5.92 Å². The molecule has 2 aromatic rings. The number of amides is 1. The first-order valence-corrected chi connectivity index (χ1v) is 12.9. The summed E-state index contributed by atoms with van der Waals surface area (Å²) in [5.74, 6) is 0.784.